The van der Waals surface area contributed by atoms with Crippen molar-refractivity contribution in [1.82, 2.24) is 19.1 Å². The van der Waals surface area contributed by atoms with Crippen LogP contribution in [0, 0.1) is 19.8 Å². The molecule has 9 heteroatoms. The van der Waals surface area contributed by atoms with E-state index in [0.29, 0.717) is 42.4 Å². The van der Waals surface area contributed by atoms with Crippen LogP contribution >= 0.6 is 0 Å². The highest BCUT2D eigenvalue weighted by atomic mass is 32.2. The van der Waals surface area contributed by atoms with E-state index in [1.807, 2.05) is 24.4 Å². The van der Waals surface area contributed by atoms with Crippen molar-refractivity contribution in [1.29, 1.82) is 0 Å². The smallest absolute Gasteiger partial charge is 0.244 e. The summed E-state index contributed by atoms with van der Waals surface area (Å²) in [4.78, 5) is 15.9. The highest BCUT2D eigenvalue weighted by Gasteiger charge is 2.39. The molecule has 208 valence electrons. The van der Waals surface area contributed by atoms with E-state index in [9.17, 15) is 13.2 Å². The number of sulfonamides is 1. The lowest BCUT2D eigenvalue weighted by Gasteiger charge is -2.36. The SMILES string of the molecule is COc1cc(C)c(S(=O)(=O)N2CCn3cccc3C2CC(=O)NCC2CCN(Cc3ccccc3)C2)c(C)c1. The second kappa shape index (κ2) is 11.5. The largest absolute Gasteiger partial charge is 0.497 e. The minimum atomic E-state index is -3.85. The van der Waals surface area contributed by atoms with Crippen molar-refractivity contribution in [3.05, 3.63) is 83.2 Å². The molecule has 2 aliphatic heterocycles. The lowest BCUT2D eigenvalue weighted by atomic mass is 10.1. The first-order chi connectivity index (χ1) is 18.8. The van der Waals surface area contributed by atoms with Crippen molar-refractivity contribution in [2.24, 2.45) is 5.92 Å². The molecule has 5 rings (SSSR count). The van der Waals surface area contributed by atoms with Gasteiger partial charge in [-0.2, -0.15) is 4.31 Å². The summed E-state index contributed by atoms with van der Waals surface area (Å²) in [6, 6.07) is 17.2. The van der Waals surface area contributed by atoms with Crippen LogP contribution in [-0.4, -0.2) is 61.4 Å². The third-order valence-corrected chi connectivity index (χ3v) is 10.2. The molecule has 8 nitrogen and oxygen atoms in total. The van der Waals surface area contributed by atoms with E-state index in [2.05, 4.69) is 39.0 Å². The Morgan fingerprint density at radius 3 is 2.49 bits per heavy atom. The van der Waals surface area contributed by atoms with Crippen LogP contribution < -0.4 is 10.1 Å². The van der Waals surface area contributed by atoms with E-state index < -0.39 is 16.1 Å². The summed E-state index contributed by atoms with van der Waals surface area (Å²) in [6.07, 6.45) is 3.07. The molecule has 1 amide bonds. The van der Waals surface area contributed by atoms with Crippen molar-refractivity contribution in [2.75, 3.05) is 33.3 Å². The Balaban J connectivity index is 1.27. The Kier molecular flexibility index (Phi) is 8.11. The Hall–Kier alpha value is -3.14. The highest BCUT2D eigenvalue weighted by molar-refractivity contribution is 7.89. The first-order valence-corrected chi connectivity index (χ1v) is 15.1. The third kappa shape index (κ3) is 5.90. The van der Waals surface area contributed by atoms with Gasteiger partial charge >= 0.3 is 0 Å². The molecule has 3 heterocycles. The Morgan fingerprint density at radius 1 is 1.03 bits per heavy atom. The zero-order valence-corrected chi connectivity index (χ0v) is 23.8. The minimum Gasteiger partial charge on any atom is -0.497 e. The first-order valence-electron chi connectivity index (χ1n) is 13.6. The number of amides is 1. The number of aryl methyl sites for hydroxylation is 2. The second-order valence-corrected chi connectivity index (χ2v) is 12.6. The van der Waals surface area contributed by atoms with Crippen molar-refractivity contribution in [3.63, 3.8) is 0 Å². The van der Waals surface area contributed by atoms with Crippen LogP contribution in [0.5, 0.6) is 5.75 Å². The van der Waals surface area contributed by atoms with Crippen LogP contribution in [0.4, 0.5) is 0 Å². The van der Waals surface area contributed by atoms with Gasteiger partial charge in [0.2, 0.25) is 15.9 Å². The molecule has 2 atom stereocenters. The van der Waals surface area contributed by atoms with Crippen LogP contribution in [0.3, 0.4) is 0 Å². The molecule has 1 saturated heterocycles. The van der Waals surface area contributed by atoms with E-state index in [4.69, 9.17) is 4.74 Å². The summed E-state index contributed by atoms with van der Waals surface area (Å²) in [5, 5.41) is 3.12. The molecule has 39 heavy (non-hydrogen) atoms. The topological polar surface area (TPSA) is 83.9 Å². The van der Waals surface area contributed by atoms with Gasteiger partial charge in [0.25, 0.3) is 0 Å². The normalized spacial score (nSPS) is 20.1. The molecule has 1 N–H and O–H groups in total. The molecule has 0 saturated carbocycles. The number of aromatic nitrogens is 1. The van der Waals surface area contributed by atoms with Crippen LogP contribution in [-0.2, 0) is 27.9 Å². The predicted octanol–water partition coefficient (Wildman–Crippen LogP) is 3.89. The zero-order valence-electron chi connectivity index (χ0n) is 23.0. The summed E-state index contributed by atoms with van der Waals surface area (Å²) in [5.74, 6) is 0.887. The van der Waals surface area contributed by atoms with Gasteiger partial charge in [-0.15, -0.1) is 0 Å². The number of carbonyl (C=O) groups is 1. The van der Waals surface area contributed by atoms with Crippen molar-refractivity contribution in [2.45, 2.75) is 50.7 Å². The van der Waals surface area contributed by atoms with Crippen molar-refractivity contribution >= 4 is 15.9 Å². The lowest BCUT2D eigenvalue weighted by Crippen LogP contribution is -2.44. The molecule has 0 aliphatic carbocycles. The number of nitrogens with one attached hydrogen (secondary N) is 1. The van der Waals surface area contributed by atoms with Gasteiger partial charge in [0, 0.05) is 51.0 Å². The number of methoxy groups -OCH3 is 1. The number of likely N-dealkylation sites (tertiary alicyclic amines) is 1. The van der Waals surface area contributed by atoms with E-state index in [-0.39, 0.29) is 17.2 Å². The Morgan fingerprint density at radius 2 is 1.77 bits per heavy atom. The van der Waals surface area contributed by atoms with Gasteiger partial charge < -0.3 is 14.6 Å². The Labute approximate surface area is 231 Å². The monoisotopic (exact) mass is 550 g/mol. The van der Waals surface area contributed by atoms with E-state index >= 15 is 0 Å². The summed E-state index contributed by atoms with van der Waals surface area (Å²) in [5.41, 5.74) is 3.42. The van der Waals surface area contributed by atoms with Crippen LogP contribution in [0.15, 0.2) is 65.7 Å². The van der Waals surface area contributed by atoms with Crippen LogP contribution in [0.2, 0.25) is 0 Å². The second-order valence-electron chi connectivity index (χ2n) is 10.7. The molecule has 0 radical (unpaired) electrons. The van der Waals surface area contributed by atoms with Crippen LogP contribution in [0.25, 0.3) is 0 Å². The van der Waals surface area contributed by atoms with E-state index in [1.165, 1.54) is 9.87 Å². The van der Waals surface area contributed by atoms with Gasteiger partial charge in [-0.3, -0.25) is 9.69 Å². The molecule has 2 unspecified atom stereocenters. The third-order valence-electron chi connectivity index (χ3n) is 7.94. The standard InChI is InChI=1S/C30H38N4O4S/c1-22-16-26(38-3)17-23(2)30(22)39(36,37)34-15-14-33-12-7-10-27(33)28(34)18-29(35)31-19-25-11-13-32(21-25)20-24-8-5-4-6-9-24/h4-10,12,16-17,25,28H,11,13-15,18-21H2,1-3H3,(H,31,35). The van der Waals surface area contributed by atoms with Crippen molar-refractivity contribution in [3.8, 4) is 5.75 Å². The van der Waals surface area contributed by atoms with E-state index in [0.717, 1.165) is 31.7 Å². The van der Waals surface area contributed by atoms with Crippen molar-refractivity contribution < 1.29 is 17.9 Å². The number of hydrogen-bond acceptors (Lipinski definition) is 5. The van der Waals surface area contributed by atoms with Gasteiger partial charge in [0.15, 0.2) is 0 Å². The zero-order chi connectivity index (χ0) is 27.6. The number of ether oxygens (including phenoxy) is 1. The average molecular weight is 551 g/mol. The number of rotatable bonds is 9. The minimum absolute atomic E-state index is 0.0813. The van der Waals surface area contributed by atoms with E-state index in [1.54, 1.807) is 33.1 Å². The lowest BCUT2D eigenvalue weighted by molar-refractivity contribution is -0.122. The molecule has 0 spiro atoms. The molecular weight excluding hydrogens is 512 g/mol. The van der Waals surface area contributed by atoms with Gasteiger partial charge in [-0.1, -0.05) is 30.3 Å². The fraction of sp³-hybridized carbons (Fsp3) is 0.433. The summed E-state index contributed by atoms with van der Waals surface area (Å²) in [6.45, 7) is 7.91. The number of carbonyl (C=O) groups excluding carboxylic acids is 1. The van der Waals surface area contributed by atoms with Gasteiger partial charge in [-0.25, -0.2) is 8.42 Å². The molecular formula is C30H38N4O4S. The molecule has 2 aliphatic rings. The fourth-order valence-corrected chi connectivity index (χ4v) is 8.07. The molecule has 1 fully saturated rings. The Bertz CT molecular complexity index is 1400. The molecule has 2 aromatic carbocycles. The maximum atomic E-state index is 14.0. The summed E-state index contributed by atoms with van der Waals surface area (Å²) in [7, 11) is -2.28. The number of nitrogens with zero attached hydrogens (tertiary/aromatic N) is 3. The molecule has 1 aromatic heterocycles. The molecule has 0 bridgehead atoms. The quantitative estimate of drug-likeness (QED) is 0.437. The maximum absolute atomic E-state index is 14.0. The predicted molar refractivity (Wildman–Crippen MR) is 151 cm³/mol. The number of benzene rings is 2. The van der Waals surface area contributed by atoms with Crippen LogP contribution in [0.1, 0.15) is 41.3 Å². The summed E-state index contributed by atoms with van der Waals surface area (Å²) >= 11 is 0. The van der Waals surface area contributed by atoms with Gasteiger partial charge in [0.1, 0.15) is 5.75 Å². The number of fused-ring (bicyclic) bond motifs is 1. The van der Waals surface area contributed by atoms with Gasteiger partial charge in [-0.05, 0) is 73.7 Å². The summed E-state index contributed by atoms with van der Waals surface area (Å²) < 4.78 is 37.0. The fourth-order valence-electron chi connectivity index (χ4n) is 6.06. The highest BCUT2D eigenvalue weighted by Crippen LogP contribution is 2.37. The average Bonchev–Trinajstić information content (AvgIpc) is 3.57. The first kappa shape index (κ1) is 27.4. The molecule has 3 aromatic rings. The maximum Gasteiger partial charge on any atom is 0.244 e. The number of hydrogen-bond donors (Lipinski definition) is 1. The van der Waals surface area contributed by atoms with Gasteiger partial charge in [0.05, 0.1) is 18.0 Å².